The quantitative estimate of drug-likeness (QED) is 0.669. The van der Waals surface area contributed by atoms with Gasteiger partial charge < -0.3 is 25.1 Å². The van der Waals surface area contributed by atoms with Gasteiger partial charge in [-0.25, -0.2) is 4.39 Å². The average molecular weight is 287 g/mol. The number of rotatable bonds is 9. The summed E-state index contributed by atoms with van der Waals surface area (Å²) in [5.41, 5.74) is 6.35. The van der Waals surface area contributed by atoms with Crippen LogP contribution in [0.3, 0.4) is 0 Å². The number of ether oxygens (including phenoxy) is 3. The molecule has 1 aromatic carbocycles. The van der Waals surface area contributed by atoms with Gasteiger partial charge in [-0.15, -0.1) is 0 Å². The predicted molar refractivity (Wildman–Crippen MR) is 73.2 cm³/mol. The molecule has 1 unspecified atom stereocenters. The van der Waals surface area contributed by atoms with Crippen molar-refractivity contribution in [3.05, 3.63) is 29.6 Å². The van der Waals surface area contributed by atoms with Crippen LogP contribution < -0.4 is 10.5 Å². The SMILES string of the molecule is COCCOCC(O)COc1ccc([C@@H](C)N)cc1F. The van der Waals surface area contributed by atoms with E-state index in [1.54, 1.807) is 20.1 Å². The molecule has 0 heterocycles. The second-order valence-electron chi connectivity index (χ2n) is 4.51. The van der Waals surface area contributed by atoms with Crippen molar-refractivity contribution in [2.45, 2.75) is 19.1 Å². The van der Waals surface area contributed by atoms with Crippen molar-refractivity contribution in [3.8, 4) is 5.75 Å². The molecule has 0 spiro atoms. The summed E-state index contributed by atoms with van der Waals surface area (Å²) in [5.74, 6) is -0.405. The summed E-state index contributed by atoms with van der Waals surface area (Å²) in [5, 5.41) is 9.61. The van der Waals surface area contributed by atoms with Gasteiger partial charge in [0.1, 0.15) is 12.7 Å². The molecule has 6 heteroatoms. The van der Waals surface area contributed by atoms with Crippen molar-refractivity contribution < 1.29 is 23.7 Å². The Kier molecular flexibility index (Phi) is 7.46. The van der Waals surface area contributed by atoms with Crippen LogP contribution in [-0.2, 0) is 9.47 Å². The molecule has 114 valence electrons. The van der Waals surface area contributed by atoms with E-state index in [1.165, 1.54) is 12.1 Å². The van der Waals surface area contributed by atoms with Crippen LogP contribution in [-0.4, -0.2) is 44.7 Å². The standard InChI is InChI=1S/C14H22FNO4/c1-10(16)11-3-4-14(13(15)7-11)20-9-12(17)8-19-6-5-18-2/h3-4,7,10,12,17H,5-6,8-9,16H2,1-2H3/t10-,12?/m1/s1. The lowest BCUT2D eigenvalue weighted by Gasteiger charge is -2.14. The van der Waals surface area contributed by atoms with Crippen LogP contribution in [0.1, 0.15) is 18.5 Å². The van der Waals surface area contributed by atoms with Gasteiger partial charge in [-0.05, 0) is 24.6 Å². The zero-order chi connectivity index (χ0) is 15.0. The molecule has 0 aliphatic heterocycles. The van der Waals surface area contributed by atoms with E-state index in [-0.39, 0.29) is 25.0 Å². The highest BCUT2D eigenvalue weighted by molar-refractivity contribution is 5.30. The van der Waals surface area contributed by atoms with E-state index in [9.17, 15) is 9.50 Å². The normalized spacial score (nSPS) is 14.1. The van der Waals surface area contributed by atoms with E-state index in [0.29, 0.717) is 18.8 Å². The first-order valence-electron chi connectivity index (χ1n) is 6.47. The van der Waals surface area contributed by atoms with Crippen LogP contribution in [0.15, 0.2) is 18.2 Å². The van der Waals surface area contributed by atoms with Gasteiger partial charge in [0.2, 0.25) is 0 Å². The maximum atomic E-state index is 13.7. The predicted octanol–water partition coefficient (Wildman–Crippen LogP) is 1.25. The van der Waals surface area contributed by atoms with Crippen molar-refractivity contribution in [1.82, 2.24) is 0 Å². The molecule has 0 saturated heterocycles. The fourth-order valence-corrected chi connectivity index (χ4v) is 1.51. The third-order valence-electron chi connectivity index (χ3n) is 2.65. The molecule has 0 bridgehead atoms. The highest BCUT2D eigenvalue weighted by atomic mass is 19.1. The number of methoxy groups -OCH3 is 1. The Balaban J connectivity index is 2.37. The first-order chi connectivity index (χ1) is 9.54. The molecule has 0 amide bonds. The largest absolute Gasteiger partial charge is 0.488 e. The number of aliphatic hydroxyl groups excluding tert-OH is 1. The Hall–Kier alpha value is -1.21. The average Bonchev–Trinajstić information content (AvgIpc) is 2.42. The first kappa shape index (κ1) is 16.8. The maximum absolute atomic E-state index is 13.7. The fraction of sp³-hybridized carbons (Fsp3) is 0.571. The molecule has 0 aromatic heterocycles. The minimum atomic E-state index is -0.820. The molecule has 1 aromatic rings. The number of aliphatic hydroxyl groups is 1. The summed E-state index contributed by atoms with van der Waals surface area (Å²) in [6.07, 6.45) is -0.820. The van der Waals surface area contributed by atoms with Crippen LogP contribution in [0.4, 0.5) is 4.39 Å². The van der Waals surface area contributed by atoms with Crippen molar-refractivity contribution in [2.24, 2.45) is 5.73 Å². The van der Waals surface area contributed by atoms with Crippen molar-refractivity contribution in [3.63, 3.8) is 0 Å². The van der Waals surface area contributed by atoms with E-state index in [1.807, 2.05) is 0 Å². The summed E-state index contributed by atoms with van der Waals surface area (Å²) in [6.45, 7) is 2.70. The summed E-state index contributed by atoms with van der Waals surface area (Å²) in [6, 6.07) is 4.30. The number of hydrogen-bond acceptors (Lipinski definition) is 5. The second kappa shape index (κ2) is 8.86. The minimum absolute atomic E-state index is 0.0403. The van der Waals surface area contributed by atoms with Crippen molar-refractivity contribution in [1.29, 1.82) is 0 Å². The Morgan fingerprint density at radius 2 is 2.05 bits per heavy atom. The lowest BCUT2D eigenvalue weighted by Crippen LogP contribution is -2.24. The topological polar surface area (TPSA) is 73.9 Å². The van der Waals surface area contributed by atoms with E-state index < -0.39 is 11.9 Å². The summed E-state index contributed by atoms with van der Waals surface area (Å²) in [4.78, 5) is 0. The van der Waals surface area contributed by atoms with Gasteiger partial charge in [0.05, 0.1) is 19.8 Å². The smallest absolute Gasteiger partial charge is 0.165 e. The summed E-state index contributed by atoms with van der Waals surface area (Å²) < 4.78 is 28.9. The third kappa shape index (κ3) is 5.83. The molecule has 0 fully saturated rings. The van der Waals surface area contributed by atoms with Gasteiger partial charge in [-0.2, -0.15) is 0 Å². The number of nitrogens with two attached hydrogens (primary N) is 1. The van der Waals surface area contributed by atoms with Crippen LogP contribution in [0.2, 0.25) is 0 Å². The van der Waals surface area contributed by atoms with Crippen molar-refractivity contribution in [2.75, 3.05) is 33.5 Å². The Morgan fingerprint density at radius 1 is 1.30 bits per heavy atom. The van der Waals surface area contributed by atoms with Crippen LogP contribution in [0.5, 0.6) is 5.75 Å². The molecule has 2 atom stereocenters. The van der Waals surface area contributed by atoms with Gasteiger partial charge in [0, 0.05) is 13.2 Å². The zero-order valence-electron chi connectivity index (χ0n) is 11.8. The molecule has 1 rings (SSSR count). The van der Waals surface area contributed by atoms with E-state index in [2.05, 4.69) is 0 Å². The monoisotopic (exact) mass is 287 g/mol. The minimum Gasteiger partial charge on any atom is -0.488 e. The van der Waals surface area contributed by atoms with Crippen molar-refractivity contribution >= 4 is 0 Å². The zero-order valence-corrected chi connectivity index (χ0v) is 11.8. The molecular weight excluding hydrogens is 265 g/mol. The summed E-state index contributed by atoms with van der Waals surface area (Å²) in [7, 11) is 1.57. The second-order valence-corrected chi connectivity index (χ2v) is 4.51. The molecule has 0 saturated carbocycles. The highest BCUT2D eigenvalue weighted by Crippen LogP contribution is 2.21. The third-order valence-corrected chi connectivity index (χ3v) is 2.65. The fourth-order valence-electron chi connectivity index (χ4n) is 1.51. The molecule has 0 aliphatic rings. The van der Waals surface area contributed by atoms with Crippen LogP contribution in [0, 0.1) is 5.82 Å². The Bertz CT molecular complexity index is 401. The van der Waals surface area contributed by atoms with Gasteiger partial charge >= 0.3 is 0 Å². The molecule has 5 nitrogen and oxygen atoms in total. The molecule has 0 aliphatic carbocycles. The van der Waals surface area contributed by atoms with Gasteiger partial charge in [0.25, 0.3) is 0 Å². The molecule has 0 radical (unpaired) electrons. The number of halogens is 1. The molecule has 3 N–H and O–H groups in total. The Morgan fingerprint density at radius 3 is 2.65 bits per heavy atom. The number of benzene rings is 1. The van der Waals surface area contributed by atoms with Crippen LogP contribution in [0.25, 0.3) is 0 Å². The van der Waals surface area contributed by atoms with E-state index in [0.717, 1.165) is 0 Å². The molecule has 20 heavy (non-hydrogen) atoms. The summed E-state index contributed by atoms with van der Waals surface area (Å²) >= 11 is 0. The van der Waals surface area contributed by atoms with Gasteiger partial charge in [-0.3, -0.25) is 0 Å². The Labute approximate surface area is 118 Å². The lowest BCUT2D eigenvalue weighted by atomic mass is 10.1. The number of hydrogen-bond donors (Lipinski definition) is 2. The van der Waals surface area contributed by atoms with E-state index >= 15 is 0 Å². The lowest BCUT2D eigenvalue weighted by molar-refractivity contribution is -0.00469. The van der Waals surface area contributed by atoms with Crippen LogP contribution >= 0.6 is 0 Å². The van der Waals surface area contributed by atoms with E-state index in [4.69, 9.17) is 19.9 Å². The van der Waals surface area contributed by atoms with Gasteiger partial charge in [0.15, 0.2) is 11.6 Å². The first-order valence-corrected chi connectivity index (χ1v) is 6.47. The molecular formula is C14H22FNO4. The highest BCUT2D eigenvalue weighted by Gasteiger charge is 2.10. The maximum Gasteiger partial charge on any atom is 0.165 e. The van der Waals surface area contributed by atoms with Gasteiger partial charge in [-0.1, -0.05) is 6.07 Å².